The van der Waals surface area contributed by atoms with E-state index in [1.807, 2.05) is 12.1 Å². The van der Waals surface area contributed by atoms with Gasteiger partial charge in [-0.15, -0.1) is 0 Å². The van der Waals surface area contributed by atoms with Crippen LogP contribution in [-0.4, -0.2) is 14.2 Å². The van der Waals surface area contributed by atoms with E-state index >= 15 is 0 Å². The van der Waals surface area contributed by atoms with Gasteiger partial charge in [-0.05, 0) is 40.0 Å². The minimum Gasteiger partial charge on any atom is -0.495 e. The van der Waals surface area contributed by atoms with E-state index in [0.29, 0.717) is 0 Å². The zero-order chi connectivity index (χ0) is 12.8. The van der Waals surface area contributed by atoms with Gasteiger partial charge in [-0.25, -0.2) is 0 Å². The van der Waals surface area contributed by atoms with Crippen LogP contribution in [0.25, 0.3) is 0 Å². The van der Waals surface area contributed by atoms with Gasteiger partial charge in [-0.1, -0.05) is 19.8 Å². The number of hydrogen-bond acceptors (Lipinski definition) is 3. The summed E-state index contributed by atoms with van der Waals surface area (Å²) in [4.78, 5) is 0. The predicted octanol–water partition coefficient (Wildman–Crippen LogP) is 3.66. The maximum atomic E-state index is 6.15. The van der Waals surface area contributed by atoms with Crippen LogP contribution < -0.4 is 15.2 Å². The van der Waals surface area contributed by atoms with E-state index in [1.165, 1.54) is 0 Å². The molecule has 3 nitrogen and oxygen atoms in total. The highest BCUT2D eigenvalue weighted by Crippen LogP contribution is 2.37. The molecule has 96 valence electrons. The van der Waals surface area contributed by atoms with E-state index < -0.39 is 0 Å². The predicted molar refractivity (Wildman–Crippen MR) is 73.7 cm³/mol. The molecule has 0 aliphatic rings. The Labute approximate surface area is 111 Å². The summed E-state index contributed by atoms with van der Waals surface area (Å²) in [5, 5.41) is 0. The largest absolute Gasteiger partial charge is 0.495 e. The van der Waals surface area contributed by atoms with Gasteiger partial charge in [0, 0.05) is 6.04 Å². The van der Waals surface area contributed by atoms with Gasteiger partial charge in [0.25, 0.3) is 0 Å². The number of rotatable bonds is 6. The number of ether oxygens (including phenoxy) is 2. The van der Waals surface area contributed by atoms with Gasteiger partial charge < -0.3 is 15.2 Å². The summed E-state index contributed by atoms with van der Waals surface area (Å²) in [6.45, 7) is 2.16. The monoisotopic (exact) mass is 301 g/mol. The van der Waals surface area contributed by atoms with Crippen molar-refractivity contribution in [3.05, 3.63) is 22.2 Å². The van der Waals surface area contributed by atoms with Crippen molar-refractivity contribution in [1.29, 1.82) is 0 Å². The van der Waals surface area contributed by atoms with E-state index in [1.54, 1.807) is 14.2 Å². The normalized spacial score (nSPS) is 12.3. The maximum Gasteiger partial charge on any atom is 0.137 e. The molecule has 0 radical (unpaired) electrons. The third-order valence-electron chi connectivity index (χ3n) is 2.76. The minimum atomic E-state index is 0.0332. The molecule has 0 amide bonds. The second-order valence-electron chi connectivity index (χ2n) is 3.99. The first-order valence-corrected chi connectivity index (χ1v) is 6.60. The number of hydrogen-bond donors (Lipinski definition) is 1. The molecule has 4 heteroatoms. The van der Waals surface area contributed by atoms with Crippen molar-refractivity contribution in [3.8, 4) is 11.5 Å². The van der Waals surface area contributed by atoms with Crippen molar-refractivity contribution in [3.63, 3.8) is 0 Å². The molecule has 1 atom stereocenters. The van der Waals surface area contributed by atoms with Crippen LogP contribution in [0.2, 0.25) is 0 Å². The molecular weight excluding hydrogens is 282 g/mol. The lowest BCUT2D eigenvalue weighted by Crippen LogP contribution is -2.10. The fourth-order valence-corrected chi connectivity index (χ4v) is 2.25. The van der Waals surface area contributed by atoms with Crippen LogP contribution in [-0.2, 0) is 0 Å². The van der Waals surface area contributed by atoms with Crippen LogP contribution in [0.4, 0.5) is 0 Å². The van der Waals surface area contributed by atoms with Crippen LogP contribution in [0.5, 0.6) is 11.5 Å². The standard InChI is InChI=1S/C13H20BrNO2/c1-4-5-6-10(15)9-7-11(16-2)13(14)12(8-9)17-3/h7-8,10H,4-6,15H2,1-3H3/t10-/m1/s1. The Bertz CT molecular complexity index is 343. The molecule has 0 aromatic heterocycles. The SMILES string of the molecule is CCCC[C@@H](N)c1cc(OC)c(Br)c(OC)c1. The first-order chi connectivity index (χ1) is 8.13. The molecule has 1 aromatic rings. The Kier molecular flexibility index (Phi) is 5.78. The molecule has 0 aliphatic heterocycles. The van der Waals surface area contributed by atoms with Gasteiger partial charge in [0.05, 0.1) is 14.2 Å². The Balaban J connectivity index is 2.99. The zero-order valence-corrected chi connectivity index (χ0v) is 12.2. The molecular formula is C13H20BrNO2. The second kappa shape index (κ2) is 6.87. The fourth-order valence-electron chi connectivity index (χ4n) is 1.69. The third-order valence-corrected chi connectivity index (χ3v) is 3.55. The quantitative estimate of drug-likeness (QED) is 0.872. The molecule has 0 bridgehead atoms. The molecule has 0 heterocycles. The van der Waals surface area contributed by atoms with Crippen molar-refractivity contribution < 1.29 is 9.47 Å². The molecule has 2 N–H and O–H groups in total. The summed E-state index contributed by atoms with van der Waals surface area (Å²) in [7, 11) is 3.28. The van der Waals surface area contributed by atoms with E-state index in [9.17, 15) is 0 Å². The number of nitrogens with two attached hydrogens (primary N) is 1. The van der Waals surface area contributed by atoms with Crippen molar-refractivity contribution in [1.82, 2.24) is 0 Å². The second-order valence-corrected chi connectivity index (χ2v) is 4.78. The first kappa shape index (κ1) is 14.3. The van der Waals surface area contributed by atoms with E-state index in [4.69, 9.17) is 15.2 Å². The molecule has 17 heavy (non-hydrogen) atoms. The average molecular weight is 302 g/mol. The number of halogens is 1. The molecule has 0 saturated heterocycles. The lowest BCUT2D eigenvalue weighted by atomic mass is 10.0. The van der Waals surface area contributed by atoms with Crippen molar-refractivity contribution in [2.24, 2.45) is 5.73 Å². The van der Waals surface area contributed by atoms with Gasteiger partial charge >= 0.3 is 0 Å². The van der Waals surface area contributed by atoms with Crippen LogP contribution in [0.1, 0.15) is 37.8 Å². The van der Waals surface area contributed by atoms with Gasteiger partial charge in [0.1, 0.15) is 16.0 Å². The number of benzene rings is 1. The lowest BCUT2D eigenvalue weighted by Gasteiger charge is -2.16. The lowest BCUT2D eigenvalue weighted by molar-refractivity contribution is 0.387. The highest BCUT2D eigenvalue weighted by Gasteiger charge is 2.13. The van der Waals surface area contributed by atoms with Crippen molar-refractivity contribution >= 4 is 15.9 Å². The summed E-state index contributed by atoms with van der Waals surface area (Å²) in [5.41, 5.74) is 7.20. The van der Waals surface area contributed by atoms with Crippen molar-refractivity contribution in [2.45, 2.75) is 32.2 Å². The first-order valence-electron chi connectivity index (χ1n) is 5.81. The Morgan fingerprint density at radius 1 is 1.24 bits per heavy atom. The molecule has 0 fully saturated rings. The van der Waals surface area contributed by atoms with Gasteiger partial charge in [-0.3, -0.25) is 0 Å². The fraction of sp³-hybridized carbons (Fsp3) is 0.538. The van der Waals surface area contributed by atoms with Gasteiger partial charge in [-0.2, -0.15) is 0 Å². The topological polar surface area (TPSA) is 44.5 Å². The summed E-state index contributed by atoms with van der Waals surface area (Å²) in [6, 6.07) is 3.96. The maximum absolute atomic E-state index is 6.15. The molecule has 0 unspecified atom stereocenters. The zero-order valence-electron chi connectivity index (χ0n) is 10.6. The Morgan fingerprint density at radius 2 is 1.76 bits per heavy atom. The molecule has 0 aliphatic carbocycles. The summed E-state index contributed by atoms with van der Waals surface area (Å²) >= 11 is 3.45. The molecule has 1 rings (SSSR count). The minimum absolute atomic E-state index is 0.0332. The van der Waals surface area contributed by atoms with E-state index in [-0.39, 0.29) is 6.04 Å². The Morgan fingerprint density at radius 3 is 2.18 bits per heavy atom. The summed E-state index contributed by atoms with van der Waals surface area (Å²) in [5.74, 6) is 1.51. The van der Waals surface area contributed by atoms with Crippen LogP contribution in [0.15, 0.2) is 16.6 Å². The van der Waals surface area contributed by atoms with E-state index in [2.05, 4.69) is 22.9 Å². The smallest absolute Gasteiger partial charge is 0.137 e. The number of unbranched alkanes of at least 4 members (excludes halogenated alkanes) is 1. The average Bonchev–Trinajstić information content (AvgIpc) is 2.36. The van der Waals surface area contributed by atoms with Gasteiger partial charge in [0.2, 0.25) is 0 Å². The summed E-state index contributed by atoms with van der Waals surface area (Å²) < 4.78 is 11.4. The molecule has 0 spiro atoms. The van der Waals surface area contributed by atoms with Gasteiger partial charge in [0.15, 0.2) is 0 Å². The third kappa shape index (κ3) is 3.61. The Hall–Kier alpha value is -0.740. The van der Waals surface area contributed by atoms with Crippen LogP contribution in [0.3, 0.4) is 0 Å². The van der Waals surface area contributed by atoms with E-state index in [0.717, 1.165) is 40.8 Å². The highest BCUT2D eigenvalue weighted by molar-refractivity contribution is 9.10. The van der Waals surface area contributed by atoms with Crippen LogP contribution >= 0.6 is 15.9 Å². The van der Waals surface area contributed by atoms with Crippen LogP contribution in [0, 0.1) is 0 Å². The summed E-state index contributed by atoms with van der Waals surface area (Å²) in [6.07, 6.45) is 3.25. The highest BCUT2D eigenvalue weighted by atomic mass is 79.9. The molecule has 1 aromatic carbocycles. The molecule has 0 saturated carbocycles. The number of methoxy groups -OCH3 is 2. The van der Waals surface area contributed by atoms with Crippen molar-refractivity contribution in [2.75, 3.05) is 14.2 Å².